The number of hydrogen-bond acceptors (Lipinski definition) is 7. The van der Waals surface area contributed by atoms with Crippen LogP contribution in [0.5, 0.6) is 0 Å². The van der Waals surface area contributed by atoms with Crippen LogP contribution in [0.4, 0.5) is 17.3 Å². The van der Waals surface area contributed by atoms with Gasteiger partial charge in [-0.15, -0.1) is 0 Å². The maximum absolute atomic E-state index is 9.52. The monoisotopic (exact) mass is 369 g/mol. The fourth-order valence-electron chi connectivity index (χ4n) is 3.77. The molecule has 0 amide bonds. The van der Waals surface area contributed by atoms with Gasteiger partial charge >= 0.3 is 0 Å². The summed E-state index contributed by atoms with van der Waals surface area (Å²) in [5.41, 5.74) is 2.46. The lowest BCUT2D eigenvalue weighted by atomic mass is 10.2. The third kappa shape index (κ3) is 4.31. The van der Waals surface area contributed by atoms with Gasteiger partial charge < -0.3 is 25.0 Å². The molecule has 0 saturated carbocycles. The van der Waals surface area contributed by atoms with Crippen molar-refractivity contribution in [1.29, 1.82) is 0 Å². The van der Waals surface area contributed by atoms with Gasteiger partial charge in [0.05, 0.1) is 25.9 Å². The molecule has 0 aliphatic carbocycles. The molecule has 2 aliphatic heterocycles. The zero-order valence-electron chi connectivity index (χ0n) is 15.5. The van der Waals surface area contributed by atoms with E-state index >= 15 is 0 Å². The van der Waals surface area contributed by atoms with Gasteiger partial charge in [-0.25, -0.2) is 9.97 Å². The van der Waals surface area contributed by atoms with E-state index in [1.807, 2.05) is 6.07 Å². The molecule has 1 aromatic carbocycles. The van der Waals surface area contributed by atoms with Crippen LogP contribution in [0.15, 0.2) is 36.7 Å². The van der Waals surface area contributed by atoms with Crippen LogP contribution in [0.25, 0.3) is 0 Å². The Hall–Kier alpha value is -2.38. The number of benzene rings is 1. The quantitative estimate of drug-likeness (QED) is 0.805. The van der Waals surface area contributed by atoms with Crippen molar-refractivity contribution in [3.63, 3.8) is 0 Å². The van der Waals surface area contributed by atoms with Gasteiger partial charge in [0.25, 0.3) is 0 Å². The molecule has 2 aliphatic rings. The first kappa shape index (κ1) is 18.0. The highest BCUT2D eigenvalue weighted by Crippen LogP contribution is 2.25. The number of ether oxygens (including phenoxy) is 1. The Kier molecular flexibility index (Phi) is 5.69. The molecule has 3 heterocycles. The predicted molar refractivity (Wildman–Crippen MR) is 106 cm³/mol. The highest BCUT2D eigenvalue weighted by atomic mass is 16.5. The van der Waals surface area contributed by atoms with E-state index in [1.165, 1.54) is 11.3 Å². The van der Waals surface area contributed by atoms with Crippen LogP contribution in [-0.4, -0.2) is 60.6 Å². The Morgan fingerprint density at radius 1 is 1.11 bits per heavy atom. The number of aromatic nitrogens is 2. The van der Waals surface area contributed by atoms with Crippen molar-refractivity contribution in [3.05, 3.63) is 42.2 Å². The van der Waals surface area contributed by atoms with Gasteiger partial charge in [0.1, 0.15) is 18.0 Å². The summed E-state index contributed by atoms with van der Waals surface area (Å²) in [7, 11) is 0. The molecule has 0 radical (unpaired) electrons. The summed E-state index contributed by atoms with van der Waals surface area (Å²) in [5, 5.41) is 12.9. The molecule has 0 bridgehead atoms. The second kappa shape index (κ2) is 8.54. The number of aliphatic hydroxyl groups excluding tert-OH is 1. The van der Waals surface area contributed by atoms with Gasteiger partial charge in [0.15, 0.2) is 0 Å². The van der Waals surface area contributed by atoms with Gasteiger partial charge in [-0.3, -0.25) is 0 Å². The molecule has 1 atom stereocenters. The van der Waals surface area contributed by atoms with Crippen LogP contribution >= 0.6 is 0 Å². The molecule has 2 saturated heterocycles. The lowest BCUT2D eigenvalue weighted by Crippen LogP contribution is -2.36. The minimum atomic E-state index is 0.167. The number of nitrogens with one attached hydrogen (secondary N) is 1. The van der Waals surface area contributed by atoms with Crippen molar-refractivity contribution >= 4 is 17.3 Å². The van der Waals surface area contributed by atoms with Crippen LogP contribution in [0.1, 0.15) is 18.4 Å². The molecule has 27 heavy (non-hydrogen) atoms. The molecular formula is C20H27N5O2. The van der Waals surface area contributed by atoms with Crippen molar-refractivity contribution in [2.45, 2.75) is 25.4 Å². The van der Waals surface area contributed by atoms with E-state index in [0.717, 1.165) is 57.3 Å². The van der Waals surface area contributed by atoms with Crippen molar-refractivity contribution in [2.75, 3.05) is 54.6 Å². The highest BCUT2D eigenvalue weighted by molar-refractivity contribution is 5.51. The molecule has 0 spiro atoms. The molecule has 4 rings (SSSR count). The minimum absolute atomic E-state index is 0.167. The van der Waals surface area contributed by atoms with E-state index in [0.29, 0.717) is 6.54 Å². The zero-order valence-corrected chi connectivity index (χ0v) is 15.5. The maximum atomic E-state index is 9.52. The first-order valence-corrected chi connectivity index (χ1v) is 9.68. The van der Waals surface area contributed by atoms with Crippen LogP contribution in [-0.2, 0) is 11.3 Å². The normalized spacial score (nSPS) is 20.1. The Bertz CT molecular complexity index is 733. The summed E-state index contributed by atoms with van der Waals surface area (Å²) in [5.74, 6) is 1.69. The summed E-state index contributed by atoms with van der Waals surface area (Å²) >= 11 is 0. The second-order valence-corrected chi connectivity index (χ2v) is 7.05. The van der Waals surface area contributed by atoms with E-state index in [2.05, 4.69) is 49.4 Å². The summed E-state index contributed by atoms with van der Waals surface area (Å²) in [4.78, 5) is 13.2. The number of hydrogen-bond donors (Lipinski definition) is 2. The van der Waals surface area contributed by atoms with Gasteiger partial charge in [-0.2, -0.15) is 0 Å². The van der Waals surface area contributed by atoms with Crippen molar-refractivity contribution < 1.29 is 9.84 Å². The Balaban J connectivity index is 1.36. The zero-order chi connectivity index (χ0) is 18.5. The minimum Gasteiger partial charge on any atom is -0.394 e. The average molecular weight is 369 g/mol. The Morgan fingerprint density at radius 2 is 1.93 bits per heavy atom. The number of anilines is 3. The number of aliphatic hydroxyl groups is 1. The molecule has 144 valence electrons. The smallest absolute Gasteiger partial charge is 0.134 e. The SMILES string of the molecule is OCC1CCCN1c1cc(NCc2ccc(N3CCOCC3)cc2)ncn1. The summed E-state index contributed by atoms with van der Waals surface area (Å²) < 4.78 is 5.41. The summed E-state index contributed by atoms with van der Waals surface area (Å²) in [6.07, 6.45) is 3.69. The van der Waals surface area contributed by atoms with Gasteiger partial charge in [0.2, 0.25) is 0 Å². The van der Waals surface area contributed by atoms with Gasteiger partial charge in [-0.1, -0.05) is 12.1 Å². The molecule has 2 fully saturated rings. The maximum Gasteiger partial charge on any atom is 0.134 e. The number of morpholine rings is 1. The fourth-order valence-corrected chi connectivity index (χ4v) is 3.77. The fraction of sp³-hybridized carbons (Fsp3) is 0.500. The third-order valence-electron chi connectivity index (χ3n) is 5.32. The van der Waals surface area contributed by atoms with E-state index in [-0.39, 0.29) is 12.6 Å². The number of nitrogens with zero attached hydrogens (tertiary/aromatic N) is 4. The standard InChI is InChI=1S/C20H27N5O2/c26-14-18-2-1-7-25(18)20-12-19(22-15-23-20)21-13-16-3-5-17(6-4-16)24-8-10-27-11-9-24/h3-6,12,15,18,26H,1-2,7-11,13-14H2,(H,21,22,23). The second-order valence-electron chi connectivity index (χ2n) is 7.05. The molecule has 1 aromatic heterocycles. The van der Waals surface area contributed by atoms with Crippen molar-refractivity contribution in [3.8, 4) is 0 Å². The van der Waals surface area contributed by atoms with E-state index in [1.54, 1.807) is 6.33 Å². The van der Waals surface area contributed by atoms with Crippen LogP contribution in [0, 0.1) is 0 Å². The molecule has 1 unspecified atom stereocenters. The Morgan fingerprint density at radius 3 is 2.70 bits per heavy atom. The molecular weight excluding hydrogens is 342 g/mol. The summed E-state index contributed by atoms with van der Waals surface area (Å²) in [6, 6.07) is 10.8. The molecule has 2 aromatic rings. The van der Waals surface area contributed by atoms with Gasteiger partial charge in [0, 0.05) is 37.9 Å². The third-order valence-corrected chi connectivity index (χ3v) is 5.32. The van der Waals surface area contributed by atoms with Crippen LogP contribution in [0.3, 0.4) is 0 Å². The van der Waals surface area contributed by atoms with Gasteiger partial charge in [-0.05, 0) is 30.5 Å². The van der Waals surface area contributed by atoms with Crippen molar-refractivity contribution in [2.24, 2.45) is 0 Å². The molecule has 2 N–H and O–H groups in total. The van der Waals surface area contributed by atoms with E-state index < -0.39 is 0 Å². The highest BCUT2D eigenvalue weighted by Gasteiger charge is 2.25. The lowest BCUT2D eigenvalue weighted by molar-refractivity contribution is 0.122. The number of rotatable bonds is 6. The van der Waals surface area contributed by atoms with Crippen LogP contribution < -0.4 is 15.1 Å². The lowest BCUT2D eigenvalue weighted by Gasteiger charge is -2.28. The molecule has 7 heteroatoms. The largest absolute Gasteiger partial charge is 0.394 e. The molecule has 7 nitrogen and oxygen atoms in total. The first-order valence-electron chi connectivity index (χ1n) is 9.68. The Labute approximate surface area is 160 Å². The van der Waals surface area contributed by atoms with Crippen LogP contribution in [0.2, 0.25) is 0 Å². The summed E-state index contributed by atoms with van der Waals surface area (Å²) in [6.45, 7) is 5.32. The average Bonchev–Trinajstić information content (AvgIpc) is 3.22. The van der Waals surface area contributed by atoms with E-state index in [4.69, 9.17) is 4.74 Å². The predicted octanol–water partition coefficient (Wildman–Crippen LogP) is 1.89. The van der Waals surface area contributed by atoms with E-state index in [9.17, 15) is 5.11 Å². The first-order chi connectivity index (χ1) is 13.3. The van der Waals surface area contributed by atoms with Crippen molar-refractivity contribution in [1.82, 2.24) is 9.97 Å². The topological polar surface area (TPSA) is 73.8 Å².